The number of benzene rings is 1. The first-order valence-electron chi connectivity index (χ1n) is 4.83. The van der Waals surface area contributed by atoms with Gasteiger partial charge in [-0.2, -0.15) is 0 Å². The first-order chi connectivity index (χ1) is 7.49. The van der Waals surface area contributed by atoms with Gasteiger partial charge in [0.2, 0.25) is 5.91 Å². The minimum Gasteiger partial charge on any atom is -0.379 e. The van der Waals surface area contributed by atoms with E-state index in [-0.39, 0.29) is 16.8 Å². The van der Waals surface area contributed by atoms with E-state index >= 15 is 0 Å². The van der Waals surface area contributed by atoms with E-state index in [4.69, 9.17) is 11.1 Å². The van der Waals surface area contributed by atoms with Gasteiger partial charge in [-0.05, 0) is 31.0 Å². The molecule has 0 heterocycles. The molecule has 16 heavy (non-hydrogen) atoms. The summed E-state index contributed by atoms with van der Waals surface area (Å²) in [7, 11) is 0. The minimum atomic E-state index is -0.145. The van der Waals surface area contributed by atoms with E-state index in [2.05, 4.69) is 5.32 Å². The van der Waals surface area contributed by atoms with E-state index in [0.717, 1.165) is 28.6 Å². The van der Waals surface area contributed by atoms with E-state index in [1.165, 1.54) is 0 Å². The van der Waals surface area contributed by atoms with Crippen molar-refractivity contribution >= 4 is 28.5 Å². The van der Waals surface area contributed by atoms with Gasteiger partial charge in [0.1, 0.15) is 0 Å². The van der Waals surface area contributed by atoms with Crippen LogP contribution in [-0.2, 0) is 4.79 Å². The van der Waals surface area contributed by atoms with Gasteiger partial charge in [-0.15, -0.1) is 0 Å². The molecule has 1 rings (SSSR count). The predicted octanol–water partition coefficient (Wildman–Crippen LogP) is 1.87. The van der Waals surface area contributed by atoms with Gasteiger partial charge in [0.25, 0.3) is 0 Å². The van der Waals surface area contributed by atoms with Crippen LogP contribution in [0.2, 0.25) is 0 Å². The number of carbonyl (C=O) groups excluding carboxylic acids is 1. The predicted molar refractivity (Wildman–Crippen MR) is 68.9 cm³/mol. The largest absolute Gasteiger partial charge is 0.379 e. The maximum absolute atomic E-state index is 11.5. The molecule has 0 fully saturated rings. The van der Waals surface area contributed by atoms with Crippen molar-refractivity contribution in [1.29, 1.82) is 5.41 Å². The second-order valence-corrected chi connectivity index (χ2v) is 4.54. The topological polar surface area (TPSA) is 79.0 Å². The Hall–Kier alpha value is -1.49. The smallest absolute Gasteiger partial charge is 0.234 e. The fourth-order valence-electron chi connectivity index (χ4n) is 1.20. The molecule has 0 radical (unpaired) electrons. The molecule has 0 unspecified atom stereocenters. The van der Waals surface area contributed by atoms with Crippen LogP contribution in [0.3, 0.4) is 0 Å². The summed E-state index contributed by atoms with van der Waals surface area (Å²) in [5, 5.41) is 9.75. The van der Waals surface area contributed by atoms with Crippen LogP contribution in [0, 0.1) is 19.3 Å². The van der Waals surface area contributed by atoms with Crippen LogP contribution in [-0.4, -0.2) is 16.8 Å². The minimum absolute atomic E-state index is 0.0453. The van der Waals surface area contributed by atoms with Gasteiger partial charge in [0.05, 0.1) is 5.75 Å². The van der Waals surface area contributed by atoms with Gasteiger partial charge in [0, 0.05) is 5.69 Å². The molecule has 0 spiro atoms. The number of nitrogens with two attached hydrogens (primary N) is 1. The average Bonchev–Trinajstić information content (AvgIpc) is 2.20. The molecule has 86 valence electrons. The molecule has 5 heteroatoms. The van der Waals surface area contributed by atoms with Crippen molar-refractivity contribution in [2.24, 2.45) is 5.73 Å². The lowest BCUT2D eigenvalue weighted by atomic mass is 10.1. The quantitative estimate of drug-likeness (QED) is 0.554. The summed E-state index contributed by atoms with van der Waals surface area (Å²) < 4.78 is 0. The lowest BCUT2D eigenvalue weighted by molar-refractivity contribution is -0.113. The second-order valence-electron chi connectivity index (χ2n) is 3.52. The van der Waals surface area contributed by atoms with E-state index in [1.807, 2.05) is 32.0 Å². The molecule has 1 aromatic carbocycles. The van der Waals surface area contributed by atoms with E-state index < -0.39 is 0 Å². The number of carbonyl (C=O) groups is 1. The molecular weight excluding hydrogens is 222 g/mol. The normalized spacial score (nSPS) is 9.88. The van der Waals surface area contributed by atoms with Gasteiger partial charge >= 0.3 is 0 Å². The Kier molecular flexibility index (Phi) is 4.37. The fourth-order valence-corrected chi connectivity index (χ4v) is 1.56. The van der Waals surface area contributed by atoms with Gasteiger partial charge < -0.3 is 11.1 Å². The molecule has 0 saturated heterocycles. The van der Waals surface area contributed by atoms with Crippen LogP contribution < -0.4 is 11.1 Å². The monoisotopic (exact) mass is 237 g/mol. The Morgan fingerprint density at radius 1 is 1.50 bits per heavy atom. The SMILES string of the molecule is Cc1ccc(C)c(NC(=O)CSC(=N)N)c1. The molecule has 0 aliphatic rings. The highest BCUT2D eigenvalue weighted by Crippen LogP contribution is 2.16. The average molecular weight is 237 g/mol. The molecule has 0 aliphatic carbocycles. The lowest BCUT2D eigenvalue weighted by Gasteiger charge is -2.08. The summed E-state index contributed by atoms with van der Waals surface area (Å²) in [6.45, 7) is 3.91. The molecular formula is C11H15N3OS. The van der Waals surface area contributed by atoms with Crippen molar-refractivity contribution in [2.75, 3.05) is 11.1 Å². The third-order valence-electron chi connectivity index (χ3n) is 2.03. The molecule has 1 amide bonds. The Labute approximate surface area is 99.1 Å². The third-order valence-corrected chi connectivity index (χ3v) is 2.74. The molecule has 1 aromatic rings. The van der Waals surface area contributed by atoms with E-state index in [9.17, 15) is 4.79 Å². The van der Waals surface area contributed by atoms with Crippen molar-refractivity contribution in [3.05, 3.63) is 29.3 Å². The molecule has 4 N–H and O–H groups in total. The Morgan fingerprint density at radius 3 is 2.81 bits per heavy atom. The number of aryl methyl sites for hydroxylation is 2. The zero-order valence-electron chi connectivity index (χ0n) is 9.33. The lowest BCUT2D eigenvalue weighted by Crippen LogP contribution is -2.17. The summed E-state index contributed by atoms with van der Waals surface area (Å²) >= 11 is 1.02. The number of amidine groups is 1. The Morgan fingerprint density at radius 2 is 2.19 bits per heavy atom. The maximum atomic E-state index is 11.5. The van der Waals surface area contributed by atoms with E-state index in [1.54, 1.807) is 0 Å². The van der Waals surface area contributed by atoms with Crippen molar-refractivity contribution in [3.63, 3.8) is 0 Å². The van der Waals surface area contributed by atoms with Crippen molar-refractivity contribution in [2.45, 2.75) is 13.8 Å². The summed E-state index contributed by atoms with van der Waals surface area (Å²) in [6.07, 6.45) is 0. The van der Waals surface area contributed by atoms with Crippen LogP contribution in [0.1, 0.15) is 11.1 Å². The van der Waals surface area contributed by atoms with Gasteiger partial charge in [-0.3, -0.25) is 10.2 Å². The fraction of sp³-hybridized carbons (Fsp3) is 0.273. The van der Waals surface area contributed by atoms with Crippen LogP contribution in [0.15, 0.2) is 18.2 Å². The molecule has 0 saturated carbocycles. The summed E-state index contributed by atoms with van der Waals surface area (Å²) in [4.78, 5) is 11.5. The van der Waals surface area contributed by atoms with Crippen LogP contribution in [0.5, 0.6) is 0 Å². The number of hydrogen-bond acceptors (Lipinski definition) is 3. The van der Waals surface area contributed by atoms with Gasteiger partial charge in [-0.1, -0.05) is 23.9 Å². The number of anilines is 1. The Bertz CT molecular complexity index is 418. The molecule has 0 bridgehead atoms. The second kappa shape index (κ2) is 5.55. The van der Waals surface area contributed by atoms with Crippen LogP contribution in [0.4, 0.5) is 5.69 Å². The first kappa shape index (κ1) is 12.6. The maximum Gasteiger partial charge on any atom is 0.234 e. The highest BCUT2D eigenvalue weighted by Gasteiger charge is 2.05. The third kappa shape index (κ3) is 3.94. The van der Waals surface area contributed by atoms with Crippen molar-refractivity contribution in [1.82, 2.24) is 0 Å². The zero-order chi connectivity index (χ0) is 12.1. The molecule has 0 aromatic heterocycles. The first-order valence-corrected chi connectivity index (χ1v) is 5.81. The highest BCUT2D eigenvalue weighted by atomic mass is 32.2. The summed E-state index contributed by atoms with van der Waals surface area (Å²) in [5.41, 5.74) is 8.09. The number of amides is 1. The number of hydrogen-bond donors (Lipinski definition) is 3. The standard InChI is InChI=1S/C11H15N3OS/c1-7-3-4-8(2)9(5-7)14-10(15)6-16-11(12)13/h3-5H,6H2,1-2H3,(H3,12,13)(H,14,15). The number of nitrogens with one attached hydrogen (secondary N) is 2. The molecule has 0 atom stereocenters. The van der Waals surface area contributed by atoms with Gasteiger partial charge in [-0.25, -0.2) is 0 Å². The van der Waals surface area contributed by atoms with Crippen LogP contribution >= 0.6 is 11.8 Å². The highest BCUT2D eigenvalue weighted by molar-refractivity contribution is 8.14. The Balaban J connectivity index is 2.62. The molecule has 4 nitrogen and oxygen atoms in total. The number of rotatable bonds is 3. The van der Waals surface area contributed by atoms with Crippen molar-refractivity contribution < 1.29 is 4.79 Å². The summed E-state index contributed by atoms with van der Waals surface area (Å²) in [5.74, 6) is 0.0248. The number of thioether (sulfide) groups is 1. The van der Waals surface area contributed by atoms with Gasteiger partial charge in [0.15, 0.2) is 5.17 Å². The molecule has 0 aliphatic heterocycles. The zero-order valence-corrected chi connectivity index (χ0v) is 10.1. The summed E-state index contributed by atoms with van der Waals surface area (Å²) in [6, 6.07) is 5.88. The van der Waals surface area contributed by atoms with Crippen LogP contribution in [0.25, 0.3) is 0 Å². The van der Waals surface area contributed by atoms with E-state index in [0.29, 0.717) is 0 Å². The van der Waals surface area contributed by atoms with Crippen molar-refractivity contribution in [3.8, 4) is 0 Å².